The average Bonchev–Trinajstić information content (AvgIpc) is 3.03. The molecule has 0 bridgehead atoms. The summed E-state index contributed by atoms with van der Waals surface area (Å²) in [5.41, 5.74) is 0.828. The molecule has 0 radical (unpaired) electrons. The van der Waals surface area contributed by atoms with Gasteiger partial charge in [-0.05, 0) is 58.4 Å². The molecule has 1 aromatic heterocycles. The number of hydrogen-bond donors (Lipinski definition) is 0. The molecule has 5 nitrogen and oxygen atoms in total. The lowest BCUT2D eigenvalue weighted by Crippen LogP contribution is -1.96. The molecular formula is C16H12Br2N2O3. The van der Waals surface area contributed by atoms with Gasteiger partial charge in [0.2, 0.25) is 5.89 Å². The van der Waals surface area contributed by atoms with Gasteiger partial charge in [-0.25, -0.2) is 0 Å². The van der Waals surface area contributed by atoms with Gasteiger partial charge >= 0.3 is 0 Å². The average molecular weight is 440 g/mol. The summed E-state index contributed by atoms with van der Waals surface area (Å²) in [4.78, 5) is 0. The van der Waals surface area contributed by atoms with Crippen molar-refractivity contribution in [1.29, 1.82) is 0 Å². The maximum Gasteiger partial charge on any atom is 0.254 e. The van der Waals surface area contributed by atoms with Crippen molar-refractivity contribution in [1.82, 2.24) is 10.2 Å². The zero-order valence-electron chi connectivity index (χ0n) is 12.1. The highest BCUT2D eigenvalue weighted by Crippen LogP contribution is 2.29. The van der Waals surface area contributed by atoms with Gasteiger partial charge in [-0.3, -0.25) is 0 Å². The Morgan fingerprint density at radius 2 is 1.83 bits per heavy atom. The molecule has 1 heterocycles. The molecule has 0 N–H and O–H groups in total. The number of benzene rings is 2. The molecule has 23 heavy (non-hydrogen) atoms. The van der Waals surface area contributed by atoms with Crippen molar-refractivity contribution in [3.05, 3.63) is 57.3 Å². The maximum atomic E-state index is 5.68. The fourth-order valence-corrected chi connectivity index (χ4v) is 3.06. The fraction of sp³-hybridized carbons (Fsp3) is 0.125. The summed E-state index contributed by atoms with van der Waals surface area (Å²) in [5.74, 6) is 2.33. The Morgan fingerprint density at radius 3 is 2.52 bits per heavy atom. The molecule has 0 atom stereocenters. The summed E-state index contributed by atoms with van der Waals surface area (Å²) in [6, 6.07) is 13.1. The molecule has 0 amide bonds. The Balaban J connectivity index is 1.69. The quantitative estimate of drug-likeness (QED) is 0.568. The van der Waals surface area contributed by atoms with Crippen LogP contribution < -0.4 is 9.47 Å². The van der Waals surface area contributed by atoms with E-state index in [-0.39, 0.29) is 6.61 Å². The van der Waals surface area contributed by atoms with Gasteiger partial charge < -0.3 is 13.9 Å². The number of methoxy groups -OCH3 is 1. The van der Waals surface area contributed by atoms with Crippen LogP contribution in [0.5, 0.6) is 11.5 Å². The Morgan fingerprint density at radius 1 is 1.04 bits per heavy atom. The van der Waals surface area contributed by atoms with E-state index in [2.05, 4.69) is 42.1 Å². The summed E-state index contributed by atoms with van der Waals surface area (Å²) in [6.07, 6.45) is 0. The first-order chi connectivity index (χ1) is 11.2. The van der Waals surface area contributed by atoms with Crippen LogP contribution in [0.1, 0.15) is 5.89 Å². The number of ether oxygens (including phenoxy) is 2. The fourth-order valence-electron chi connectivity index (χ4n) is 1.89. The van der Waals surface area contributed by atoms with Crippen molar-refractivity contribution in [3.63, 3.8) is 0 Å². The van der Waals surface area contributed by atoms with E-state index < -0.39 is 0 Å². The van der Waals surface area contributed by atoms with E-state index in [1.54, 1.807) is 7.11 Å². The highest BCUT2D eigenvalue weighted by Gasteiger charge is 2.10. The van der Waals surface area contributed by atoms with Crippen LogP contribution in [-0.4, -0.2) is 17.3 Å². The van der Waals surface area contributed by atoms with Crippen molar-refractivity contribution in [2.75, 3.05) is 7.11 Å². The molecule has 0 aliphatic carbocycles. The Labute approximate surface area is 149 Å². The van der Waals surface area contributed by atoms with Crippen LogP contribution in [0, 0.1) is 0 Å². The van der Waals surface area contributed by atoms with E-state index in [0.717, 1.165) is 20.3 Å². The van der Waals surface area contributed by atoms with E-state index >= 15 is 0 Å². The minimum Gasteiger partial charge on any atom is -0.497 e. The zero-order valence-corrected chi connectivity index (χ0v) is 15.3. The number of hydrogen-bond acceptors (Lipinski definition) is 5. The van der Waals surface area contributed by atoms with Crippen molar-refractivity contribution >= 4 is 31.9 Å². The van der Waals surface area contributed by atoms with E-state index in [9.17, 15) is 0 Å². The van der Waals surface area contributed by atoms with Gasteiger partial charge in [0.1, 0.15) is 11.5 Å². The second-order valence-electron chi connectivity index (χ2n) is 4.59. The molecular weight excluding hydrogens is 428 g/mol. The number of nitrogens with zero attached hydrogens (tertiary/aromatic N) is 2. The van der Waals surface area contributed by atoms with Gasteiger partial charge in [-0.1, -0.05) is 15.9 Å². The second kappa shape index (κ2) is 7.14. The second-order valence-corrected chi connectivity index (χ2v) is 6.36. The Hall–Kier alpha value is -1.86. The first kappa shape index (κ1) is 16.0. The first-order valence-electron chi connectivity index (χ1n) is 6.70. The van der Waals surface area contributed by atoms with Crippen molar-refractivity contribution in [3.8, 4) is 23.0 Å². The van der Waals surface area contributed by atoms with Gasteiger partial charge in [0.05, 0.1) is 11.6 Å². The normalized spacial score (nSPS) is 10.6. The predicted molar refractivity (Wildman–Crippen MR) is 92.5 cm³/mol. The lowest BCUT2D eigenvalue weighted by Gasteiger charge is -2.05. The largest absolute Gasteiger partial charge is 0.497 e. The third-order valence-corrected chi connectivity index (χ3v) is 4.16. The first-order valence-corrected chi connectivity index (χ1v) is 8.29. The standard InChI is InChI=1S/C16H12Br2N2O3/c1-21-12-5-2-10(3-6-12)16-20-19-15(23-16)9-22-14-7-4-11(17)8-13(14)18/h2-8H,9H2,1H3. The molecule has 2 aromatic carbocycles. The van der Waals surface area contributed by atoms with Crippen LogP contribution in [0.15, 0.2) is 55.8 Å². The van der Waals surface area contributed by atoms with Gasteiger partial charge in [0.25, 0.3) is 5.89 Å². The van der Waals surface area contributed by atoms with Crippen molar-refractivity contribution in [2.24, 2.45) is 0 Å². The molecule has 118 valence electrons. The summed E-state index contributed by atoms with van der Waals surface area (Å²) in [5, 5.41) is 8.03. The van der Waals surface area contributed by atoms with Crippen molar-refractivity contribution < 1.29 is 13.9 Å². The molecule has 0 aliphatic rings. The monoisotopic (exact) mass is 438 g/mol. The zero-order chi connectivity index (χ0) is 16.2. The molecule has 0 saturated heterocycles. The van der Waals surface area contributed by atoms with E-state index in [1.807, 2.05) is 42.5 Å². The van der Waals surface area contributed by atoms with Crippen LogP contribution >= 0.6 is 31.9 Å². The molecule has 0 fully saturated rings. The molecule has 0 aliphatic heterocycles. The lowest BCUT2D eigenvalue weighted by molar-refractivity contribution is 0.263. The highest BCUT2D eigenvalue weighted by molar-refractivity contribution is 9.11. The van der Waals surface area contributed by atoms with Crippen LogP contribution in [0.25, 0.3) is 11.5 Å². The smallest absolute Gasteiger partial charge is 0.254 e. The Bertz CT molecular complexity index is 803. The topological polar surface area (TPSA) is 57.4 Å². The minimum absolute atomic E-state index is 0.198. The van der Waals surface area contributed by atoms with Gasteiger partial charge in [0, 0.05) is 10.0 Å². The predicted octanol–water partition coefficient (Wildman–Crippen LogP) is 4.85. The van der Waals surface area contributed by atoms with E-state index in [4.69, 9.17) is 13.9 Å². The SMILES string of the molecule is COc1ccc(-c2nnc(COc3ccc(Br)cc3Br)o2)cc1. The molecule has 3 aromatic rings. The lowest BCUT2D eigenvalue weighted by atomic mass is 10.2. The van der Waals surface area contributed by atoms with Crippen molar-refractivity contribution in [2.45, 2.75) is 6.61 Å². The van der Waals surface area contributed by atoms with Gasteiger partial charge in [-0.2, -0.15) is 0 Å². The summed E-state index contributed by atoms with van der Waals surface area (Å²) >= 11 is 6.84. The number of halogens is 2. The van der Waals surface area contributed by atoms with Gasteiger partial charge in [0.15, 0.2) is 6.61 Å². The van der Waals surface area contributed by atoms with Crippen LogP contribution in [-0.2, 0) is 6.61 Å². The van der Waals surface area contributed by atoms with Gasteiger partial charge in [-0.15, -0.1) is 10.2 Å². The number of rotatable bonds is 5. The highest BCUT2D eigenvalue weighted by atomic mass is 79.9. The summed E-state index contributed by atoms with van der Waals surface area (Å²) in [7, 11) is 1.62. The number of aromatic nitrogens is 2. The van der Waals surface area contributed by atoms with E-state index in [1.165, 1.54) is 0 Å². The molecule has 0 saturated carbocycles. The van der Waals surface area contributed by atoms with Crippen LogP contribution in [0.2, 0.25) is 0 Å². The molecule has 7 heteroatoms. The molecule has 0 spiro atoms. The third kappa shape index (κ3) is 3.92. The van der Waals surface area contributed by atoms with Crippen LogP contribution in [0.3, 0.4) is 0 Å². The van der Waals surface area contributed by atoms with Crippen LogP contribution in [0.4, 0.5) is 0 Å². The molecule has 0 unspecified atom stereocenters. The third-order valence-electron chi connectivity index (χ3n) is 3.05. The Kier molecular flexibility index (Phi) is 4.97. The summed E-state index contributed by atoms with van der Waals surface area (Å²) in [6.45, 7) is 0.198. The van der Waals surface area contributed by atoms with E-state index in [0.29, 0.717) is 17.5 Å². The molecule has 3 rings (SSSR count). The summed E-state index contributed by atoms with van der Waals surface area (Å²) < 4.78 is 18.2. The minimum atomic E-state index is 0.198. The maximum absolute atomic E-state index is 5.68.